The second-order valence-electron chi connectivity index (χ2n) is 3.42. The summed E-state index contributed by atoms with van der Waals surface area (Å²) in [5.41, 5.74) is 7.88. The van der Waals surface area contributed by atoms with Crippen molar-refractivity contribution in [3.63, 3.8) is 0 Å². The smallest absolute Gasteiger partial charge is 0.283 e. The molecule has 5 N–H and O–H groups in total. The van der Waals surface area contributed by atoms with E-state index in [2.05, 4.69) is 15.4 Å². The number of nitrogens with one attached hydrogen (secondary N) is 1. The van der Waals surface area contributed by atoms with Gasteiger partial charge in [-0.25, -0.2) is 10.8 Å². The molecule has 1 aromatic carbocycles. The van der Waals surface area contributed by atoms with Gasteiger partial charge in [0.1, 0.15) is 10.8 Å². The van der Waals surface area contributed by atoms with Gasteiger partial charge >= 0.3 is 0 Å². The lowest BCUT2D eigenvalue weighted by Gasteiger charge is -2.05. The Kier molecular flexibility index (Phi) is 3.78. The molecule has 19 heavy (non-hydrogen) atoms. The molecular weight excluding hydrogens is 268 g/mol. The number of nitrogen functional groups attached to an aromatic ring is 2. The van der Waals surface area contributed by atoms with E-state index in [1.54, 1.807) is 24.3 Å². The minimum atomic E-state index is -0.449. The van der Waals surface area contributed by atoms with E-state index in [-0.39, 0.29) is 11.6 Å². The number of nitrogens with zero attached hydrogens (tertiary/aromatic N) is 3. The molecular formula is C10H10N6O2S. The molecule has 0 unspecified atom stereocenters. The fourth-order valence-electron chi connectivity index (χ4n) is 1.38. The molecule has 0 saturated heterocycles. The first-order chi connectivity index (χ1) is 9.10. The van der Waals surface area contributed by atoms with Gasteiger partial charge in [0.2, 0.25) is 5.95 Å². The molecule has 0 saturated carbocycles. The lowest BCUT2D eigenvalue weighted by Crippen LogP contribution is -2.10. The summed E-state index contributed by atoms with van der Waals surface area (Å²) in [4.78, 5) is 18.7. The molecule has 1 heterocycles. The Bertz CT molecular complexity index is 621. The van der Waals surface area contributed by atoms with Crippen molar-refractivity contribution in [2.45, 2.75) is 9.92 Å². The van der Waals surface area contributed by atoms with Crippen LogP contribution in [-0.2, 0) is 0 Å². The van der Waals surface area contributed by atoms with Crippen molar-refractivity contribution >= 4 is 29.2 Å². The van der Waals surface area contributed by atoms with Gasteiger partial charge in [0.05, 0.1) is 9.82 Å². The maximum Gasteiger partial charge on any atom is 0.283 e. The van der Waals surface area contributed by atoms with Crippen molar-refractivity contribution in [2.75, 3.05) is 11.2 Å². The van der Waals surface area contributed by atoms with Crippen LogP contribution in [0.25, 0.3) is 0 Å². The van der Waals surface area contributed by atoms with Crippen molar-refractivity contribution in [3.8, 4) is 0 Å². The predicted molar refractivity (Wildman–Crippen MR) is 71.5 cm³/mol. The molecule has 0 spiro atoms. The van der Waals surface area contributed by atoms with Gasteiger partial charge in [-0.1, -0.05) is 23.9 Å². The van der Waals surface area contributed by atoms with Gasteiger partial charge in [0, 0.05) is 12.1 Å². The number of hydrazine groups is 1. The van der Waals surface area contributed by atoms with Gasteiger partial charge in [0.25, 0.3) is 5.69 Å². The van der Waals surface area contributed by atoms with E-state index < -0.39 is 4.92 Å². The van der Waals surface area contributed by atoms with Crippen molar-refractivity contribution in [3.05, 3.63) is 40.4 Å². The second kappa shape index (κ2) is 5.50. The third kappa shape index (κ3) is 3.09. The lowest BCUT2D eigenvalue weighted by molar-refractivity contribution is -0.387. The first-order valence-electron chi connectivity index (χ1n) is 5.12. The monoisotopic (exact) mass is 278 g/mol. The van der Waals surface area contributed by atoms with Gasteiger partial charge in [0.15, 0.2) is 0 Å². The van der Waals surface area contributed by atoms with E-state index in [1.807, 2.05) is 0 Å². The van der Waals surface area contributed by atoms with Crippen LogP contribution in [-0.4, -0.2) is 14.9 Å². The molecule has 9 heteroatoms. The summed E-state index contributed by atoms with van der Waals surface area (Å²) in [7, 11) is 0. The van der Waals surface area contributed by atoms with Gasteiger partial charge in [-0.05, 0) is 6.07 Å². The number of nitro groups is 1. The highest BCUT2D eigenvalue weighted by atomic mass is 32.2. The summed E-state index contributed by atoms with van der Waals surface area (Å²) in [6, 6.07) is 7.93. The van der Waals surface area contributed by atoms with Gasteiger partial charge < -0.3 is 11.2 Å². The summed E-state index contributed by atoms with van der Waals surface area (Å²) >= 11 is 1.12. The van der Waals surface area contributed by atoms with Crippen LogP contribution in [0.5, 0.6) is 0 Å². The zero-order chi connectivity index (χ0) is 13.8. The number of hydrogen-bond donors (Lipinski definition) is 3. The quantitative estimate of drug-likeness (QED) is 0.331. The summed E-state index contributed by atoms with van der Waals surface area (Å²) in [6.45, 7) is 0. The van der Waals surface area contributed by atoms with Gasteiger partial charge in [-0.15, -0.1) is 0 Å². The number of aromatic nitrogens is 2. The maximum absolute atomic E-state index is 10.9. The Morgan fingerprint density at radius 1 is 1.32 bits per heavy atom. The van der Waals surface area contributed by atoms with Gasteiger partial charge in [-0.2, -0.15) is 4.98 Å². The fraction of sp³-hybridized carbons (Fsp3) is 0. The molecule has 2 rings (SSSR count). The molecule has 0 bridgehead atoms. The molecule has 0 amide bonds. The van der Waals surface area contributed by atoms with Crippen LogP contribution >= 0.6 is 11.8 Å². The molecule has 0 aliphatic rings. The third-order valence-corrected chi connectivity index (χ3v) is 3.13. The van der Waals surface area contributed by atoms with E-state index >= 15 is 0 Å². The molecule has 0 aliphatic heterocycles. The number of hydrogen-bond acceptors (Lipinski definition) is 8. The zero-order valence-electron chi connectivity index (χ0n) is 9.61. The average molecular weight is 278 g/mol. The number of para-hydroxylation sites is 1. The van der Waals surface area contributed by atoms with Crippen molar-refractivity contribution in [2.24, 2.45) is 5.84 Å². The van der Waals surface area contributed by atoms with Crippen molar-refractivity contribution in [1.82, 2.24) is 9.97 Å². The molecule has 0 atom stereocenters. The molecule has 98 valence electrons. The Morgan fingerprint density at radius 3 is 2.74 bits per heavy atom. The Hall–Kier alpha value is -2.39. The summed E-state index contributed by atoms with van der Waals surface area (Å²) in [5, 5.41) is 11.4. The third-order valence-electron chi connectivity index (χ3n) is 2.14. The molecule has 0 aliphatic carbocycles. The minimum Gasteiger partial charge on any atom is -0.368 e. The van der Waals surface area contributed by atoms with E-state index in [9.17, 15) is 10.1 Å². The van der Waals surface area contributed by atoms with Gasteiger partial charge in [-0.3, -0.25) is 10.1 Å². The fourth-order valence-corrected chi connectivity index (χ4v) is 2.30. The highest BCUT2D eigenvalue weighted by molar-refractivity contribution is 7.99. The molecule has 0 radical (unpaired) electrons. The number of rotatable bonds is 4. The van der Waals surface area contributed by atoms with E-state index in [1.165, 1.54) is 6.07 Å². The van der Waals surface area contributed by atoms with Crippen LogP contribution in [0.1, 0.15) is 0 Å². The largest absolute Gasteiger partial charge is 0.368 e. The van der Waals surface area contributed by atoms with Crippen molar-refractivity contribution < 1.29 is 4.92 Å². The maximum atomic E-state index is 10.9. The number of nitrogens with two attached hydrogens (primary N) is 2. The predicted octanol–water partition coefficient (Wildman–Crippen LogP) is 1.40. The molecule has 8 nitrogen and oxygen atoms in total. The first-order valence-corrected chi connectivity index (χ1v) is 5.94. The summed E-state index contributed by atoms with van der Waals surface area (Å²) in [5.74, 6) is 5.63. The minimum absolute atomic E-state index is 0.00643. The van der Waals surface area contributed by atoms with Crippen LogP contribution in [0, 0.1) is 10.1 Å². The zero-order valence-corrected chi connectivity index (χ0v) is 10.4. The lowest BCUT2D eigenvalue weighted by atomic mass is 10.3. The first kappa shape index (κ1) is 13.1. The van der Waals surface area contributed by atoms with E-state index in [0.717, 1.165) is 11.8 Å². The second-order valence-corrected chi connectivity index (χ2v) is 4.48. The van der Waals surface area contributed by atoms with Crippen LogP contribution in [0.2, 0.25) is 0 Å². The van der Waals surface area contributed by atoms with E-state index in [4.69, 9.17) is 11.6 Å². The standard InChI is InChI=1S/C10H10N6O2S/c11-10-13-8(15-12)5-9(14-10)19-7-4-2-1-3-6(7)16(17)18/h1-5H,12H2,(H3,11,13,14,15). The number of benzene rings is 1. The van der Waals surface area contributed by atoms with E-state index in [0.29, 0.717) is 15.7 Å². The SMILES string of the molecule is NNc1cc(Sc2ccccc2[N+](=O)[O-])nc(N)n1. The molecule has 2 aromatic rings. The summed E-state index contributed by atoms with van der Waals surface area (Å²) in [6.07, 6.45) is 0. The normalized spacial score (nSPS) is 10.2. The van der Waals surface area contributed by atoms with Crippen LogP contribution in [0.15, 0.2) is 40.3 Å². The average Bonchev–Trinajstić information content (AvgIpc) is 2.38. The van der Waals surface area contributed by atoms with Crippen LogP contribution in [0.3, 0.4) is 0 Å². The summed E-state index contributed by atoms with van der Waals surface area (Å²) < 4.78 is 0. The van der Waals surface area contributed by atoms with Crippen molar-refractivity contribution in [1.29, 1.82) is 0 Å². The molecule has 0 fully saturated rings. The number of nitro benzene ring substituents is 1. The van der Waals surface area contributed by atoms with Crippen LogP contribution in [0.4, 0.5) is 17.5 Å². The highest BCUT2D eigenvalue weighted by Crippen LogP contribution is 2.34. The van der Waals surface area contributed by atoms with Crippen LogP contribution < -0.4 is 17.0 Å². The topological polar surface area (TPSA) is 133 Å². The Balaban J connectivity index is 2.36. The Morgan fingerprint density at radius 2 is 2.05 bits per heavy atom. The highest BCUT2D eigenvalue weighted by Gasteiger charge is 2.14. The Labute approximate surface area is 112 Å². The number of anilines is 2. The molecule has 1 aromatic heterocycles.